The van der Waals surface area contributed by atoms with Crippen molar-refractivity contribution < 1.29 is 4.79 Å². The van der Waals surface area contributed by atoms with Gasteiger partial charge in [-0.25, -0.2) is 4.68 Å². The van der Waals surface area contributed by atoms with Crippen molar-refractivity contribution in [2.75, 3.05) is 0 Å². The Labute approximate surface area is 114 Å². The smallest absolute Gasteiger partial charge is 0.138 e. The lowest BCUT2D eigenvalue weighted by Gasteiger charge is -2.16. The highest BCUT2D eigenvalue weighted by molar-refractivity contribution is 5.83. The lowest BCUT2D eigenvalue weighted by atomic mass is 9.88. The summed E-state index contributed by atoms with van der Waals surface area (Å²) < 4.78 is 1.90. The van der Waals surface area contributed by atoms with Gasteiger partial charge in [0.1, 0.15) is 5.78 Å². The van der Waals surface area contributed by atoms with Crippen LogP contribution < -0.4 is 0 Å². The third kappa shape index (κ3) is 3.31. The maximum Gasteiger partial charge on any atom is 0.138 e. The maximum absolute atomic E-state index is 12.0. The van der Waals surface area contributed by atoms with Gasteiger partial charge in [-0.2, -0.15) is 5.10 Å². The van der Waals surface area contributed by atoms with Crippen molar-refractivity contribution >= 4 is 5.78 Å². The number of hydrogen-bond donors (Lipinski definition) is 0. The van der Waals surface area contributed by atoms with E-state index < -0.39 is 0 Å². The summed E-state index contributed by atoms with van der Waals surface area (Å²) in [5.41, 5.74) is 1.84. The number of rotatable bonds is 4. The molecule has 19 heavy (non-hydrogen) atoms. The Hall–Kier alpha value is -1.90. The summed E-state index contributed by atoms with van der Waals surface area (Å²) in [6.45, 7) is 5.89. The maximum atomic E-state index is 12.0. The largest absolute Gasteiger partial charge is 0.299 e. The number of nitrogens with zero attached hydrogens (tertiary/aromatic N) is 2. The molecule has 0 saturated carbocycles. The molecule has 0 bridgehead atoms. The predicted octanol–water partition coefficient (Wildman–Crippen LogP) is 3.42. The van der Waals surface area contributed by atoms with E-state index in [0.717, 1.165) is 17.8 Å². The number of ketones is 1. The van der Waals surface area contributed by atoms with Gasteiger partial charge >= 0.3 is 0 Å². The summed E-state index contributed by atoms with van der Waals surface area (Å²) in [4.78, 5) is 12.0. The molecule has 1 aromatic heterocycles. The van der Waals surface area contributed by atoms with Crippen LogP contribution in [-0.4, -0.2) is 15.6 Å². The van der Waals surface area contributed by atoms with E-state index in [4.69, 9.17) is 0 Å². The van der Waals surface area contributed by atoms with Crippen molar-refractivity contribution in [3.05, 3.63) is 48.3 Å². The van der Waals surface area contributed by atoms with E-state index >= 15 is 0 Å². The molecule has 0 aliphatic rings. The van der Waals surface area contributed by atoms with Crippen molar-refractivity contribution in [1.82, 2.24) is 9.78 Å². The third-order valence-electron chi connectivity index (χ3n) is 3.17. The second-order valence-electron chi connectivity index (χ2n) is 5.74. The monoisotopic (exact) mass is 256 g/mol. The van der Waals surface area contributed by atoms with Crippen molar-refractivity contribution in [3.8, 4) is 5.69 Å². The van der Waals surface area contributed by atoms with Gasteiger partial charge in [0, 0.05) is 23.7 Å². The molecule has 0 fully saturated rings. The lowest BCUT2D eigenvalue weighted by molar-refractivity contribution is -0.126. The Morgan fingerprint density at radius 3 is 2.47 bits per heavy atom. The molecule has 0 radical (unpaired) electrons. The first-order valence-electron chi connectivity index (χ1n) is 6.60. The van der Waals surface area contributed by atoms with Crippen molar-refractivity contribution in [2.45, 2.75) is 33.6 Å². The number of para-hydroxylation sites is 1. The van der Waals surface area contributed by atoms with Crippen molar-refractivity contribution in [1.29, 1.82) is 0 Å². The van der Waals surface area contributed by atoms with Crippen LogP contribution in [0, 0.1) is 5.41 Å². The fraction of sp³-hybridized carbons (Fsp3) is 0.375. The minimum atomic E-state index is -0.266. The Kier molecular flexibility index (Phi) is 3.84. The van der Waals surface area contributed by atoms with Crippen molar-refractivity contribution in [3.63, 3.8) is 0 Å². The van der Waals surface area contributed by atoms with Crippen LogP contribution in [0.3, 0.4) is 0 Å². The lowest BCUT2D eigenvalue weighted by Crippen LogP contribution is -2.20. The van der Waals surface area contributed by atoms with E-state index in [0.29, 0.717) is 6.42 Å². The third-order valence-corrected chi connectivity index (χ3v) is 3.17. The van der Waals surface area contributed by atoms with Crippen LogP contribution >= 0.6 is 0 Å². The molecule has 3 nitrogen and oxygen atoms in total. The molecule has 0 saturated heterocycles. The molecule has 1 aromatic carbocycles. The standard InChI is InChI=1S/C16H20N2O/c1-16(2,3)15(19)10-9-14-11-12-17-18(14)13-7-5-4-6-8-13/h4-8,11-12H,9-10H2,1-3H3. The SMILES string of the molecule is CC(C)(C)C(=O)CCc1ccnn1-c1ccccc1. The Morgan fingerprint density at radius 2 is 1.84 bits per heavy atom. The van der Waals surface area contributed by atoms with Crippen LogP contribution in [0.25, 0.3) is 5.69 Å². The molecule has 0 N–H and O–H groups in total. The van der Waals surface area contributed by atoms with E-state index in [1.54, 1.807) is 6.20 Å². The molecule has 0 atom stereocenters. The van der Waals surface area contributed by atoms with Gasteiger partial charge in [-0.05, 0) is 24.6 Å². The first-order valence-corrected chi connectivity index (χ1v) is 6.60. The fourth-order valence-corrected chi connectivity index (χ4v) is 1.94. The minimum Gasteiger partial charge on any atom is -0.299 e. The summed E-state index contributed by atoms with van der Waals surface area (Å²) in [5, 5.41) is 4.33. The number of aryl methyl sites for hydroxylation is 1. The van der Waals surface area contributed by atoms with E-state index in [9.17, 15) is 4.79 Å². The topological polar surface area (TPSA) is 34.9 Å². The molecule has 2 rings (SSSR count). The number of carbonyl (C=O) groups excluding carboxylic acids is 1. The number of Topliss-reactive ketones (excluding diaryl/α,β-unsaturated/α-hetero) is 1. The molecular weight excluding hydrogens is 236 g/mol. The first kappa shape index (κ1) is 13.5. The van der Waals surface area contributed by atoms with Crippen LogP contribution in [-0.2, 0) is 11.2 Å². The Bertz CT molecular complexity index is 550. The van der Waals surface area contributed by atoms with Gasteiger partial charge in [-0.3, -0.25) is 4.79 Å². The first-order chi connectivity index (χ1) is 8.98. The molecule has 0 aliphatic heterocycles. The molecule has 100 valence electrons. The molecule has 1 heterocycles. The zero-order valence-corrected chi connectivity index (χ0v) is 11.8. The zero-order valence-electron chi connectivity index (χ0n) is 11.8. The number of carbonyl (C=O) groups is 1. The van der Waals surface area contributed by atoms with Gasteiger partial charge in [0.15, 0.2) is 0 Å². The Morgan fingerprint density at radius 1 is 1.16 bits per heavy atom. The molecule has 0 aliphatic carbocycles. The van der Waals surface area contributed by atoms with Crippen LogP contribution in [0.15, 0.2) is 42.6 Å². The van der Waals surface area contributed by atoms with Crippen molar-refractivity contribution in [2.24, 2.45) is 5.41 Å². The summed E-state index contributed by atoms with van der Waals surface area (Å²) in [7, 11) is 0. The second-order valence-corrected chi connectivity index (χ2v) is 5.74. The summed E-state index contributed by atoms with van der Waals surface area (Å²) >= 11 is 0. The van der Waals surface area contributed by atoms with Crippen LogP contribution in [0.5, 0.6) is 0 Å². The predicted molar refractivity (Wildman–Crippen MR) is 76.3 cm³/mol. The van der Waals surface area contributed by atoms with E-state index in [-0.39, 0.29) is 11.2 Å². The van der Waals surface area contributed by atoms with E-state index in [1.165, 1.54) is 0 Å². The molecule has 2 aromatic rings. The average Bonchev–Trinajstić information content (AvgIpc) is 2.84. The van der Waals surface area contributed by atoms with Crippen LogP contribution in [0.4, 0.5) is 0 Å². The molecule has 3 heteroatoms. The van der Waals surface area contributed by atoms with Gasteiger partial charge < -0.3 is 0 Å². The molecule has 0 spiro atoms. The summed E-state index contributed by atoms with van der Waals surface area (Å²) in [5.74, 6) is 0.285. The average molecular weight is 256 g/mol. The molecule has 0 unspecified atom stereocenters. The van der Waals surface area contributed by atoms with Crippen LogP contribution in [0.1, 0.15) is 32.9 Å². The zero-order chi connectivity index (χ0) is 13.9. The van der Waals surface area contributed by atoms with Gasteiger partial charge in [0.25, 0.3) is 0 Å². The highest BCUT2D eigenvalue weighted by Gasteiger charge is 2.21. The number of hydrogen-bond acceptors (Lipinski definition) is 2. The van der Waals surface area contributed by atoms with Gasteiger partial charge in [-0.1, -0.05) is 39.0 Å². The van der Waals surface area contributed by atoms with Gasteiger partial charge in [-0.15, -0.1) is 0 Å². The van der Waals surface area contributed by atoms with Gasteiger partial charge in [0.2, 0.25) is 0 Å². The van der Waals surface area contributed by atoms with Crippen LogP contribution in [0.2, 0.25) is 0 Å². The van der Waals surface area contributed by atoms with Gasteiger partial charge in [0.05, 0.1) is 5.69 Å². The number of benzene rings is 1. The number of aromatic nitrogens is 2. The Balaban J connectivity index is 2.11. The molecule has 0 amide bonds. The normalized spacial score (nSPS) is 11.5. The summed E-state index contributed by atoms with van der Waals surface area (Å²) in [6.07, 6.45) is 3.07. The second kappa shape index (κ2) is 5.39. The highest BCUT2D eigenvalue weighted by Crippen LogP contribution is 2.19. The fourth-order valence-electron chi connectivity index (χ4n) is 1.94. The molecular formula is C16H20N2O. The van der Waals surface area contributed by atoms with E-state index in [1.807, 2.05) is 61.9 Å². The van der Waals surface area contributed by atoms with E-state index in [2.05, 4.69) is 5.10 Å². The summed E-state index contributed by atoms with van der Waals surface area (Å²) in [6, 6.07) is 12.0. The quantitative estimate of drug-likeness (QED) is 0.840. The highest BCUT2D eigenvalue weighted by atomic mass is 16.1. The minimum absolute atomic E-state index is 0.266.